The summed E-state index contributed by atoms with van der Waals surface area (Å²) >= 11 is 0. The zero-order chi connectivity index (χ0) is 16.8. The van der Waals surface area contributed by atoms with E-state index < -0.39 is 6.10 Å². The van der Waals surface area contributed by atoms with E-state index in [1.807, 2.05) is 11.9 Å². The Morgan fingerprint density at radius 3 is 2.83 bits per heavy atom. The van der Waals surface area contributed by atoms with Gasteiger partial charge in [-0.05, 0) is 58.3 Å². The van der Waals surface area contributed by atoms with Crippen LogP contribution in [0.3, 0.4) is 0 Å². The summed E-state index contributed by atoms with van der Waals surface area (Å²) < 4.78 is 5.76. The van der Waals surface area contributed by atoms with E-state index in [1.54, 1.807) is 31.2 Å². The van der Waals surface area contributed by atoms with Crippen molar-refractivity contribution in [1.82, 2.24) is 10.2 Å². The lowest BCUT2D eigenvalue weighted by atomic mass is 9.97. The largest absolute Gasteiger partial charge is 0.481 e. The molecule has 5 nitrogen and oxygen atoms in total. The number of ketones is 1. The van der Waals surface area contributed by atoms with Crippen molar-refractivity contribution in [3.63, 3.8) is 0 Å². The molecular formula is C18H27ClN2O3. The molecule has 0 radical (unpaired) electrons. The molecule has 2 rings (SSSR count). The number of likely N-dealkylation sites (tertiary alicyclic amines) is 1. The van der Waals surface area contributed by atoms with Gasteiger partial charge in [0, 0.05) is 18.7 Å². The van der Waals surface area contributed by atoms with Crippen LogP contribution in [0.25, 0.3) is 0 Å². The normalized spacial score (nSPS) is 18.5. The second-order valence-electron chi connectivity index (χ2n) is 6.19. The Labute approximate surface area is 150 Å². The summed E-state index contributed by atoms with van der Waals surface area (Å²) in [5.74, 6) is 1.06. The number of nitrogens with zero attached hydrogens (tertiary/aromatic N) is 1. The molecule has 1 amide bonds. The average Bonchev–Trinajstić information content (AvgIpc) is 2.55. The van der Waals surface area contributed by atoms with Crippen LogP contribution in [0.1, 0.15) is 37.0 Å². The van der Waals surface area contributed by atoms with Crippen molar-refractivity contribution in [2.75, 3.05) is 26.7 Å². The molecule has 2 unspecified atom stereocenters. The van der Waals surface area contributed by atoms with E-state index in [2.05, 4.69) is 5.32 Å². The van der Waals surface area contributed by atoms with Crippen molar-refractivity contribution < 1.29 is 14.3 Å². The molecule has 1 aromatic rings. The summed E-state index contributed by atoms with van der Waals surface area (Å²) in [6, 6.07) is 6.98. The van der Waals surface area contributed by atoms with E-state index in [-0.39, 0.29) is 24.1 Å². The number of benzene rings is 1. The fraction of sp³-hybridized carbons (Fsp3) is 0.556. The average molecular weight is 355 g/mol. The predicted molar refractivity (Wildman–Crippen MR) is 97.0 cm³/mol. The summed E-state index contributed by atoms with van der Waals surface area (Å²) in [5, 5.41) is 3.18. The highest BCUT2D eigenvalue weighted by atomic mass is 35.5. The zero-order valence-electron chi connectivity index (χ0n) is 14.6. The molecule has 0 bridgehead atoms. The van der Waals surface area contributed by atoms with E-state index in [1.165, 1.54) is 6.92 Å². The number of halogens is 1. The molecule has 2 atom stereocenters. The van der Waals surface area contributed by atoms with Gasteiger partial charge in [0.05, 0.1) is 0 Å². The van der Waals surface area contributed by atoms with Crippen LogP contribution in [0.15, 0.2) is 24.3 Å². The van der Waals surface area contributed by atoms with Gasteiger partial charge in [-0.15, -0.1) is 12.4 Å². The predicted octanol–water partition coefficient (Wildman–Crippen LogP) is 2.54. The van der Waals surface area contributed by atoms with Crippen LogP contribution in [-0.4, -0.2) is 49.4 Å². The Hall–Kier alpha value is -1.59. The monoisotopic (exact) mass is 354 g/mol. The summed E-state index contributed by atoms with van der Waals surface area (Å²) in [7, 11) is 1.94. The zero-order valence-corrected chi connectivity index (χ0v) is 15.4. The van der Waals surface area contributed by atoms with E-state index in [0.717, 1.165) is 32.5 Å². The van der Waals surface area contributed by atoms with Crippen LogP contribution in [0.5, 0.6) is 5.75 Å². The lowest BCUT2D eigenvalue weighted by Gasteiger charge is -2.34. The van der Waals surface area contributed by atoms with E-state index in [4.69, 9.17) is 4.74 Å². The summed E-state index contributed by atoms with van der Waals surface area (Å²) in [4.78, 5) is 25.9. The first kappa shape index (κ1) is 20.5. The number of amides is 1. The van der Waals surface area contributed by atoms with Crippen molar-refractivity contribution in [2.24, 2.45) is 5.92 Å². The number of carbonyl (C=O) groups excluding carboxylic acids is 2. The molecule has 0 aromatic heterocycles. The number of hydrogen-bond donors (Lipinski definition) is 1. The van der Waals surface area contributed by atoms with Gasteiger partial charge in [0.15, 0.2) is 11.9 Å². The number of carbonyl (C=O) groups is 2. The topological polar surface area (TPSA) is 58.6 Å². The van der Waals surface area contributed by atoms with E-state index in [0.29, 0.717) is 17.2 Å². The molecule has 0 spiro atoms. The Morgan fingerprint density at radius 1 is 1.42 bits per heavy atom. The molecular weight excluding hydrogens is 328 g/mol. The molecule has 0 saturated carbocycles. The van der Waals surface area contributed by atoms with Crippen LogP contribution in [0, 0.1) is 5.92 Å². The van der Waals surface area contributed by atoms with Crippen LogP contribution in [-0.2, 0) is 4.79 Å². The van der Waals surface area contributed by atoms with Gasteiger partial charge in [0.2, 0.25) is 0 Å². The van der Waals surface area contributed by atoms with Crippen molar-refractivity contribution in [2.45, 2.75) is 32.8 Å². The third-order valence-corrected chi connectivity index (χ3v) is 4.22. The molecule has 0 aliphatic carbocycles. The Bertz CT molecular complexity index is 563. The summed E-state index contributed by atoms with van der Waals surface area (Å²) in [6.07, 6.45) is 1.64. The molecule has 1 fully saturated rings. The SMILES string of the molecule is CNCC1CCCN(C(=O)C(C)Oc2cccc(C(C)=O)c2)C1.Cl. The summed E-state index contributed by atoms with van der Waals surface area (Å²) in [5.41, 5.74) is 0.592. The molecule has 1 aliphatic rings. The third kappa shape index (κ3) is 5.49. The first-order valence-electron chi connectivity index (χ1n) is 8.22. The van der Waals surface area contributed by atoms with Crippen LogP contribution >= 0.6 is 12.4 Å². The number of hydrogen-bond acceptors (Lipinski definition) is 4. The maximum absolute atomic E-state index is 12.6. The number of nitrogens with one attached hydrogen (secondary N) is 1. The maximum Gasteiger partial charge on any atom is 0.263 e. The Kier molecular flexibility index (Phi) is 8.22. The molecule has 1 heterocycles. The molecule has 6 heteroatoms. The maximum atomic E-state index is 12.6. The molecule has 1 aliphatic heterocycles. The highest BCUT2D eigenvalue weighted by molar-refractivity contribution is 5.94. The van der Waals surface area contributed by atoms with Gasteiger partial charge in [0.25, 0.3) is 5.91 Å². The van der Waals surface area contributed by atoms with Crippen molar-refractivity contribution in [3.05, 3.63) is 29.8 Å². The van der Waals surface area contributed by atoms with Gasteiger partial charge in [-0.2, -0.15) is 0 Å². The van der Waals surface area contributed by atoms with Crippen molar-refractivity contribution >= 4 is 24.1 Å². The van der Waals surface area contributed by atoms with E-state index in [9.17, 15) is 9.59 Å². The minimum absolute atomic E-state index is 0. The molecule has 1 aromatic carbocycles. The van der Waals surface area contributed by atoms with Gasteiger partial charge in [-0.25, -0.2) is 0 Å². The number of rotatable bonds is 6. The van der Waals surface area contributed by atoms with Gasteiger partial charge in [0.1, 0.15) is 5.75 Å². The van der Waals surface area contributed by atoms with E-state index >= 15 is 0 Å². The Morgan fingerprint density at radius 2 is 2.17 bits per heavy atom. The van der Waals surface area contributed by atoms with Crippen molar-refractivity contribution in [3.8, 4) is 5.75 Å². The highest BCUT2D eigenvalue weighted by Gasteiger charge is 2.27. The summed E-state index contributed by atoms with van der Waals surface area (Å²) in [6.45, 7) is 5.79. The molecule has 1 N–H and O–H groups in total. The quantitative estimate of drug-likeness (QED) is 0.797. The highest BCUT2D eigenvalue weighted by Crippen LogP contribution is 2.19. The number of piperidine rings is 1. The van der Waals surface area contributed by atoms with Crippen LogP contribution < -0.4 is 10.1 Å². The van der Waals surface area contributed by atoms with Crippen molar-refractivity contribution in [1.29, 1.82) is 0 Å². The number of ether oxygens (including phenoxy) is 1. The smallest absolute Gasteiger partial charge is 0.263 e. The standard InChI is InChI=1S/C18H26N2O3.ClH/c1-13(21)16-7-4-8-17(10-16)23-14(2)18(22)20-9-5-6-15(12-20)11-19-3;/h4,7-8,10,14-15,19H,5-6,9,11-12H2,1-3H3;1H. The third-order valence-electron chi connectivity index (χ3n) is 4.22. The molecule has 24 heavy (non-hydrogen) atoms. The fourth-order valence-corrected chi connectivity index (χ4v) is 3.02. The van der Waals surface area contributed by atoms with Crippen LogP contribution in [0.2, 0.25) is 0 Å². The second-order valence-corrected chi connectivity index (χ2v) is 6.19. The number of Topliss-reactive ketones (excluding diaryl/α,β-unsaturated/α-hetero) is 1. The first-order chi connectivity index (χ1) is 11.0. The first-order valence-corrected chi connectivity index (χ1v) is 8.22. The van der Waals surface area contributed by atoms with Gasteiger partial charge in [-0.1, -0.05) is 12.1 Å². The molecule has 1 saturated heterocycles. The fourth-order valence-electron chi connectivity index (χ4n) is 3.02. The van der Waals surface area contributed by atoms with Gasteiger partial charge in [-0.3, -0.25) is 9.59 Å². The second kappa shape index (κ2) is 9.64. The van der Waals surface area contributed by atoms with Crippen LogP contribution in [0.4, 0.5) is 0 Å². The molecule has 134 valence electrons. The lowest BCUT2D eigenvalue weighted by molar-refractivity contribution is -0.139. The van der Waals surface area contributed by atoms with Gasteiger partial charge < -0.3 is 15.0 Å². The van der Waals surface area contributed by atoms with Gasteiger partial charge >= 0.3 is 0 Å². The minimum atomic E-state index is -0.550. The minimum Gasteiger partial charge on any atom is -0.481 e. The Balaban J connectivity index is 0.00000288. The lowest BCUT2D eigenvalue weighted by Crippen LogP contribution is -2.47.